The van der Waals surface area contributed by atoms with E-state index < -0.39 is 0 Å². The maximum atomic E-state index is 5.83. The highest BCUT2D eigenvalue weighted by molar-refractivity contribution is 5.55. The minimum absolute atomic E-state index is 0.375. The van der Waals surface area contributed by atoms with E-state index in [-0.39, 0.29) is 0 Å². The van der Waals surface area contributed by atoms with Crippen molar-refractivity contribution in [2.45, 2.75) is 18.9 Å². The van der Waals surface area contributed by atoms with Gasteiger partial charge < -0.3 is 15.4 Å². The van der Waals surface area contributed by atoms with Crippen LogP contribution in [-0.2, 0) is 6.42 Å². The first-order valence-corrected chi connectivity index (χ1v) is 5.66. The normalized spacial score (nSPS) is 20.0. The van der Waals surface area contributed by atoms with Crippen LogP contribution < -0.4 is 15.4 Å². The molecule has 0 radical (unpaired) electrons. The van der Waals surface area contributed by atoms with Gasteiger partial charge in [-0.25, -0.2) is 0 Å². The lowest BCUT2D eigenvalue weighted by Crippen LogP contribution is -2.50. The first-order valence-electron chi connectivity index (χ1n) is 5.66. The van der Waals surface area contributed by atoms with E-state index in [9.17, 15) is 0 Å². The number of ether oxygens (including phenoxy) is 1. The van der Waals surface area contributed by atoms with Gasteiger partial charge in [-0.3, -0.25) is 0 Å². The molecular weight excluding hydrogens is 188 g/mol. The van der Waals surface area contributed by atoms with E-state index in [0.717, 1.165) is 25.4 Å². The highest BCUT2D eigenvalue weighted by Crippen LogP contribution is 2.27. The molecule has 2 aliphatic heterocycles. The highest BCUT2D eigenvalue weighted by Gasteiger charge is 2.18. The molecule has 80 valence electrons. The lowest BCUT2D eigenvalue weighted by atomic mass is 10.0. The van der Waals surface area contributed by atoms with Gasteiger partial charge in [0, 0.05) is 25.3 Å². The van der Waals surface area contributed by atoms with Gasteiger partial charge in [0.2, 0.25) is 0 Å². The molecule has 0 atom stereocenters. The predicted molar refractivity (Wildman–Crippen MR) is 60.5 cm³/mol. The molecule has 2 heterocycles. The van der Waals surface area contributed by atoms with Gasteiger partial charge in [-0.15, -0.1) is 0 Å². The van der Waals surface area contributed by atoms with E-state index in [1.165, 1.54) is 24.1 Å². The van der Waals surface area contributed by atoms with Crippen molar-refractivity contribution in [3.63, 3.8) is 0 Å². The van der Waals surface area contributed by atoms with E-state index in [0.29, 0.717) is 6.10 Å². The molecule has 0 aromatic heterocycles. The van der Waals surface area contributed by atoms with Crippen LogP contribution in [-0.4, -0.2) is 25.7 Å². The number of benzene rings is 1. The molecule has 0 bridgehead atoms. The summed E-state index contributed by atoms with van der Waals surface area (Å²) in [6, 6.07) is 6.38. The Balaban J connectivity index is 1.77. The Morgan fingerprint density at radius 2 is 2.20 bits per heavy atom. The number of hydrogen-bond acceptors (Lipinski definition) is 3. The van der Waals surface area contributed by atoms with Gasteiger partial charge in [-0.05, 0) is 36.6 Å². The molecule has 0 aliphatic carbocycles. The average molecular weight is 204 g/mol. The zero-order valence-corrected chi connectivity index (χ0v) is 8.75. The lowest BCUT2D eigenvalue weighted by molar-refractivity contribution is 0.142. The van der Waals surface area contributed by atoms with E-state index in [4.69, 9.17) is 4.74 Å². The van der Waals surface area contributed by atoms with Crippen molar-refractivity contribution in [2.75, 3.05) is 25.0 Å². The summed E-state index contributed by atoms with van der Waals surface area (Å²) in [7, 11) is 0. The molecule has 15 heavy (non-hydrogen) atoms. The lowest BCUT2D eigenvalue weighted by Gasteiger charge is -2.28. The Kier molecular flexibility index (Phi) is 2.25. The van der Waals surface area contributed by atoms with Crippen molar-refractivity contribution in [2.24, 2.45) is 0 Å². The molecule has 1 aromatic carbocycles. The molecule has 3 nitrogen and oxygen atoms in total. The van der Waals surface area contributed by atoms with Crippen LogP contribution in [0.4, 0.5) is 5.69 Å². The maximum Gasteiger partial charge on any atom is 0.123 e. The summed E-state index contributed by atoms with van der Waals surface area (Å²) in [5.74, 6) is 1.02. The molecular formula is C12H16N2O. The Morgan fingerprint density at radius 1 is 1.27 bits per heavy atom. The fraction of sp³-hybridized carbons (Fsp3) is 0.500. The van der Waals surface area contributed by atoms with Crippen LogP contribution in [0.1, 0.15) is 12.0 Å². The largest absolute Gasteiger partial charge is 0.488 e. The molecule has 0 amide bonds. The number of rotatable bonds is 2. The molecule has 1 aromatic rings. The van der Waals surface area contributed by atoms with Crippen LogP contribution in [0.5, 0.6) is 5.75 Å². The zero-order chi connectivity index (χ0) is 10.1. The molecule has 2 N–H and O–H groups in total. The average Bonchev–Trinajstić information content (AvgIpc) is 2.23. The van der Waals surface area contributed by atoms with Gasteiger partial charge >= 0.3 is 0 Å². The Hall–Kier alpha value is -1.22. The van der Waals surface area contributed by atoms with Gasteiger partial charge in [0.15, 0.2) is 0 Å². The summed E-state index contributed by atoms with van der Waals surface area (Å²) in [5, 5.41) is 6.61. The number of hydrogen-bond donors (Lipinski definition) is 2. The van der Waals surface area contributed by atoms with Gasteiger partial charge in [0.05, 0.1) is 0 Å². The molecule has 3 rings (SSSR count). The van der Waals surface area contributed by atoms with Crippen molar-refractivity contribution in [1.29, 1.82) is 0 Å². The second-order valence-electron chi connectivity index (χ2n) is 4.25. The van der Waals surface area contributed by atoms with E-state index in [1.54, 1.807) is 0 Å². The Labute approximate surface area is 89.8 Å². The van der Waals surface area contributed by atoms with Crippen LogP contribution in [0, 0.1) is 0 Å². The number of fused-ring (bicyclic) bond motifs is 1. The standard InChI is InChI=1S/C12H16N2O/c1-2-9-6-10(15-11-7-13-8-11)3-4-12(9)14-5-1/h3-4,6,11,13-14H,1-2,5,7-8H2. The molecule has 0 saturated carbocycles. The quantitative estimate of drug-likeness (QED) is 0.764. The van der Waals surface area contributed by atoms with E-state index in [2.05, 4.69) is 28.8 Å². The van der Waals surface area contributed by atoms with Crippen LogP contribution in [0.3, 0.4) is 0 Å². The smallest absolute Gasteiger partial charge is 0.123 e. The number of nitrogens with one attached hydrogen (secondary N) is 2. The van der Waals surface area contributed by atoms with Crippen LogP contribution in [0.25, 0.3) is 0 Å². The summed E-state index contributed by atoms with van der Waals surface area (Å²) in [5.41, 5.74) is 2.67. The molecule has 2 aliphatic rings. The third-order valence-corrected chi connectivity index (χ3v) is 3.06. The van der Waals surface area contributed by atoms with Crippen molar-refractivity contribution in [1.82, 2.24) is 5.32 Å². The second kappa shape index (κ2) is 3.74. The highest BCUT2D eigenvalue weighted by atomic mass is 16.5. The Morgan fingerprint density at radius 3 is 3.00 bits per heavy atom. The summed E-state index contributed by atoms with van der Waals surface area (Å²) in [6.07, 6.45) is 2.77. The predicted octanol–water partition coefficient (Wildman–Crippen LogP) is 1.40. The van der Waals surface area contributed by atoms with Gasteiger partial charge in [-0.1, -0.05) is 0 Å². The summed E-state index contributed by atoms with van der Waals surface area (Å²) in [6.45, 7) is 3.06. The number of anilines is 1. The maximum absolute atomic E-state index is 5.83. The first kappa shape index (κ1) is 9.04. The van der Waals surface area contributed by atoms with Crippen LogP contribution in [0.15, 0.2) is 18.2 Å². The van der Waals surface area contributed by atoms with Gasteiger partial charge in [0.1, 0.15) is 11.9 Å². The summed E-state index contributed by atoms with van der Waals surface area (Å²) >= 11 is 0. The van der Waals surface area contributed by atoms with E-state index >= 15 is 0 Å². The minimum Gasteiger partial charge on any atom is -0.488 e. The second-order valence-corrected chi connectivity index (χ2v) is 4.25. The molecule has 3 heteroatoms. The molecule has 0 spiro atoms. The van der Waals surface area contributed by atoms with Gasteiger partial charge in [-0.2, -0.15) is 0 Å². The van der Waals surface area contributed by atoms with Gasteiger partial charge in [0.25, 0.3) is 0 Å². The Bertz CT molecular complexity index is 361. The fourth-order valence-corrected chi connectivity index (χ4v) is 2.06. The van der Waals surface area contributed by atoms with Crippen LogP contribution in [0.2, 0.25) is 0 Å². The summed E-state index contributed by atoms with van der Waals surface area (Å²) in [4.78, 5) is 0. The van der Waals surface area contributed by atoms with Crippen molar-refractivity contribution >= 4 is 5.69 Å². The third-order valence-electron chi connectivity index (χ3n) is 3.06. The summed E-state index contributed by atoms with van der Waals surface area (Å²) < 4.78 is 5.83. The molecule has 1 fully saturated rings. The molecule has 1 saturated heterocycles. The van der Waals surface area contributed by atoms with Crippen molar-refractivity contribution < 1.29 is 4.74 Å². The zero-order valence-electron chi connectivity index (χ0n) is 8.75. The van der Waals surface area contributed by atoms with E-state index in [1.807, 2.05) is 0 Å². The van der Waals surface area contributed by atoms with Crippen molar-refractivity contribution in [3.05, 3.63) is 23.8 Å². The first-order chi connectivity index (χ1) is 7.42. The molecule has 0 unspecified atom stereocenters. The fourth-order valence-electron chi connectivity index (χ4n) is 2.06. The van der Waals surface area contributed by atoms with Crippen molar-refractivity contribution in [3.8, 4) is 5.75 Å². The number of aryl methyl sites for hydroxylation is 1. The third kappa shape index (κ3) is 1.79. The SMILES string of the molecule is c1cc2c(cc1OC1CNC1)CCCN2. The minimum atomic E-state index is 0.375. The topological polar surface area (TPSA) is 33.3 Å². The van der Waals surface area contributed by atoms with Crippen LogP contribution >= 0.6 is 0 Å². The monoisotopic (exact) mass is 204 g/mol.